The van der Waals surface area contributed by atoms with Gasteiger partial charge in [0.15, 0.2) is 0 Å². The predicted molar refractivity (Wildman–Crippen MR) is 207 cm³/mol. The van der Waals surface area contributed by atoms with Crippen molar-refractivity contribution in [2.75, 3.05) is 40.3 Å². The number of imide groups is 1. The zero-order valence-electron chi connectivity index (χ0n) is 32.9. The molecule has 0 saturated carbocycles. The van der Waals surface area contributed by atoms with Gasteiger partial charge in [0.2, 0.25) is 23.6 Å². The van der Waals surface area contributed by atoms with Gasteiger partial charge in [0.1, 0.15) is 6.04 Å². The lowest BCUT2D eigenvalue weighted by Crippen LogP contribution is -2.60. The molecular weight excluding hydrogens is 674 g/mol. The van der Waals surface area contributed by atoms with Crippen molar-refractivity contribution < 1.29 is 28.8 Å². The Balaban J connectivity index is 1.44. The highest BCUT2D eigenvalue weighted by atomic mass is 16.2. The van der Waals surface area contributed by atoms with Gasteiger partial charge in [0, 0.05) is 86.9 Å². The van der Waals surface area contributed by atoms with E-state index >= 15 is 0 Å². The fraction of sp³-hybridized carbons (Fsp3) is 0.550. The highest BCUT2D eigenvalue weighted by molar-refractivity contribution is 6.12. The number of benzene rings is 1. The Morgan fingerprint density at radius 1 is 0.887 bits per heavy atom. The van der Waals surface area contributed by atoms with Crippen LogP contribution in [-0.4, -0.2) is 102 Å². The fourth-order valence-corrected chi connectivity index (χ4v) is 6.52. The van der Waals surface area contributed by atoms with Crippen molar-refractivity contribution in [2.24, 2.45) is 12.5 Å². The van der Waals surface area contributed by atoms with Crippen LogP contribution in [0.25, 0.3) is 10.9 Å². The SMILES string of the molecule is CN[C@H](C(=O)N[C@H](C(=O)N(C)C/C=C(\C)C(=O)NCCCCCNC(=O)CCCN1C(=O)C=CC1=O)C(C)(C)C)C(C)(C)c1cn(C)c2ccccc12. The van der Waals surface area contributed by atoms with Crippen molar-refractivity contribution in [1.82, 2.24) is 35.6 Å². The maximum Gasteiger partial charge on any atom is 0.253 e. The summed E-state index contributed by atoms with van der Waals surface area (Å²) in [5, 5.41) is 13.1. The summed E-state index contributed by atoms with van der Waals surface area (Å²) in [5.74, 6) is -1.58. The van der Waals surface area contributed by atoms with Gasteiger partial charge in [0.25, 0.3) is 11.8 Å². The number of amides is 6. The van der Waals surface area contributed by atoms with E-state index in [0.29, 0.717) is 25.1 Å². The number of likely N-dealkylation sites (N-methyl/N-ethyl adjacent to an activating group) is 2. The van der Waals surface area contributed by atoms with Crippen molar-refractivity contribution in [2.45, 2.75) is 91.1 Å². The molecule has 2 aromatic rings. The second-order valence-electron chi connectivity index (χ2n) is 15.5. The average Bonchev–Trinajstić information content (AvgIpc) is 3.62. The standard InChI is InChI=1S/C40H59N7O6/c1-27(36(51)43-23-14-10-13-22-42-31(48)18-15-24-47-32(49)19-20-33(47)50)21-25-45(8)38(53)35(39(2,3)4)44-37(52)34(41-7)40(5,6)29-26-46(9)30-17-12-11-16-28(29)30/h11-12,16-17,19-21,26,34-35,41H,10,13-15,18,22-25H2,1-9H3,(H,42,48)(H,43,51)(H,44,52)/b27-21+/t34-,35-/m1/s1. The van der Waals surface area contributed by atoms with Gasteiger partial charge in [-0.2, -0.15) is 0 Å². The van der Waals surface area contributed by atoms with E-state index in [1.165, 1.54) is 17.1 Å². The monoisotopic (exact) mass is 733 g/mol. The third-order valence-electron chi connectivity index (χ3n) is 9.82. The van der Waals surface area contributed by atoms with Crippen LogP contribution < -0.4 is 21.3 Å². The number of hydrogen-bond donors (Lipinski definition) is 4. The summed E-state index contributed by atoms with van der Waals surface area (Å²) in [4.78, 5) is 78.3. The van der Waals surface area contributed by atoms with E-state index in [-0.39, 0.29) is 55.0 Å². The van der Waals surface area contributed by atoms with Crippen molar-refractivity contribution >= 4 is 46.3 Å². The van der Waals surface area contributed by atoms with Gasteiger partial charge >= 0.3 is 0 Å². The molecule has 0 radical (unpaired) electrons. The molecule has 4 N–H and O–H groups in total. The molecule has 1 aromatic carbocycles. The molecule has 0 bridgehead atoms. The summed E-state index contributed by atoms with van der Waals surface area (Å²) < 4.78 is 2.06. The number of aryl methyl sites for hydroxylation is 1. The van der Waals surface area contributed by atoms with E-state index in [4.69, 9.17) is 0 Å². The number of carbonyl (C=O) groups is 6. The van der Waals surface area contributed by atoms with Crippen LogP contribution in [0.2, 0.25) is 0 Å². The van der Waals surface area contributed by atoms with Crippen molar-refractivity contribution in [1.29, 1.82) is 0 Å². The smallest absolute Gasteiger partial charge is 0.253 e. The number of rotatable bonds is 19. The maximum absolute atomic E-state index is 13.9. The first kappa shape index (κ1) is 42.6. The molecule has 290 valence electrons. The summed E-state index contributed by atoms with van der Waals surface area (Å²) in [6.07, 6.45) is 9.14. The second kappa shape index (κ2) is 18.8. The van der Waals surface area contributed by atoms with Crippen LogP contribution in [0, 0.1) is 5.41 Å². The summed E-state index contributed by atoms with van der Waals surface area (Å²) in [6.45, 7) is 12.9. The zero-order valence-corrected chi connectivity index (χ0v) is 32.9. The molecule has 2 atom stereocenters. The lowest BCUT2D eigenvalue weighted by Gasteiger charge is -2.38. The Hall–Kier alpha value is -4.78. The van der Waals surface area contributed by atoms with Crippen molar-refractivity contribution in [3.05, 3.63) is 59.8 Å². The number of unbranched alkanes of at least 4 members (excludes halogenated alkanes) is 2. The average molecular weight is 734 g/mol. The Labute approximate surface area is 314 Å². The summed E-state index contributed by atoms with van der Waals surface area (Å²) in [5.41, 5.74) is 1.39. The van der Waals surface area contributed by atoms with Crippen LogP contribution in [0.3, 0.4) is 0 Å². The zero-order chi connectivity index (χ0) is 39.5. The second-order valence-corrected chi connectivity index (χ2v) is 15.5. The summed E-state index contributed by atoms with van der Waals surface area (Å²) >= 11 is 0. The molecule has 1 aliphatic rings. The van der Waals surface area contributed by atoms with E-state index < -0.39 is 22.9 Å². The summed E-state index contributed by atoms with van der Waals surface area (Å²) in [6, 6.07) is 6.66. The van der Waals surface area contributed by atoms with Gasteiger partial charge in [-0.25, -0.2) is 0 Å². The highest BCUT2D eigenvalue weighted by Gasteiger charge is 2.41. The molecule has 3 rings (SSSR count). The normalized spacial score (nSPS) is 14.7. The topological polar surface area (TPSA) is 162 Å². The molecule has 0 spiro atoms. The lowest BCUT2D eigenvalue weighted by molar-refractivity contribution is -0.139. The molecule has 6 amide bonds. The minimum atomic E-state index is -0.810. The molecule has 0 unspecified atom stereocenters. The van der Waals surface area contributed by atoms with E-state index in [1.54, 1.807) is 27.1 Å². The molecule has 0 fully saturated rings. The molecule has 13 nitrogen and oxygen atoms in total. The number of nitrogens with one attached hydrogen (secondary N) is 4. The fourth-order valence-electron chi connectivity index (χ4n) is 6.52. The minimum absolute atomic E-state index is 0.131. The molecule has 1 aromatic heterocycles. The van der Waals surface area contributed by atoms with Crippen molar-refractivity contribution in [3.63, 3.8) is 0 Å². The van der Waals surface area contributed by atoms with Gasteiger partial charge in [-0.3, -0.25) is 33.7 Å². The Morgan fingerprint density at radius 3 is 2.13 bits per heavy atom. The van der Waals surface area contributed by atoms with Gasteiger partial charge in [-0.15, -0.1) is 0 Å². The van der Waals surface area contributed by atoms with Crippen molar-refractivity contribution in [3.8, 4) is 0 Å². The van der Waals surface area contributed by atoms with E-state index in [9.17, 15) is 28.8 Å². The quantitative estimate of drug-likeness (QED) is 0.0981. The largest absolute Gasteiger partial charge is 0.356 e. The van der Waals surface area contributed by atoms with Crippen LogP contribution in [0.15, 0.2) is 54.3 Å². The highest BCUT2D eigenvalue weighted by Crippen LogP contribution is 2.35. The Kier molecular flexibility index (Phi) is 15.1. The third-order valence-corrected chi connectivity index (χ3v) is 9.82. The first-order valence-corrected chi connectivity index (χ1v) is 18.4. The van der Waals surface area contributed by atoms with E-state index in [0.717, 1.165) is 40.6 Å². The summed E-state index contributed by atoms with van der Waals surface area (Å²) in [7, 11) is 5.41. The number of para-hydroxylation sites is 1. The molecule has 1 aliphatic heterocycles. The van der Waals surface area contributed by atoms with Gasteiger partial charge in [-0.1, -0.05) is 58.9 Å². The van der Waals surface area contributed by atoms with Crippen LogP contribution in [-0.2, 0) is 41.2 Å². The third kappa shape index (κ3) is 11.4. The van der Waals surface area contributed by atoms with Gasteiger partial charge in [-0.05, 0) is 56.7 Å². The van der Waals surface area contributed by atoms with Gasteiger partial charge < -0.3 is 30.7 Å². The number of hydrogen-bond acceptors (Lipinski definition) is 7. The molecule has 2 heterocycles. The van der Waals surface area contributed by atoms with Crippen LogP contribution >= 0.6 is 0 Å². The minimum Gasteiger partial charge on any atom is -0.356 e. The molecule has 13 heteroatoms. The Morgan fingerprint density at radius 2 is 1.51 bits per heavy atom. The number of nitrogens with zero attached hydrogens (tertiary/aromatic N) is 3. The molecule has 0 aliphatic carbocycles. The lowest BCUT2D eigenvalue weighted by atomic mass is 9.76. The number of fused-ring (bicyclic) bond motifs is 1. The van der Waals surface area contributed by atoms with Crippen LogP contribution in [0.5, 0.6) is 0 Å². The number of aromatic nitrogens is 1. The van der Waals surface area contributed by atoms with Crippen LogP contribution in [0.4, 0.5) is 0 Å². The molecule has 0 saturated heterocycles. The first-order valence-electron chi connectivity index (χ1n) is 18.4. The molecule has 53 heavy (non-hydrogen) atoms. The Bertz CT molecular complexity index is 1700. The maximum atomic E-state index is 13.9. The van der Waals surface area contributed by atoms with E-state index in [1.807, 2.05) is 53.8 Å². The predicted octanol–water partition coefficient (Wildman–Crippen LogP) is 3.09. The van der Waals surface area contributed by atoms with Gasteiger partial charge in [0.05, 0.1) is 6.04 Å². The van der Waals surface area contributed by atoms with E-state index in [2.05, 4.69) is 44.2 Å². The molecular formula is C40H59N7O6. The number of carbonyl (C=O) groups excluding carboxylic acids is 6. The van der Waals surface area contributed by atoms with Crippen LogP contribution in [0.1, 0.15) is 79.2 Å². The first-order chi connectivity index (χ1) is 24.9.